The zero-order valence-electron chi connectivity index (χ0n) is 12.7. The van der Waals surface area contributed by atoms with Crippen molar-refractivity contribution in [3.63, 3.8) is 0 Å². The van der Waals surface area contributed by atoms with Gasteiger partial charge in [-0.2, -0.15) is 0 Å². The molecule has 0 aliphatic carbocycles. The average Bonchev–Trinajstić information content (AvgIpc) is 2.54. The Hall–Kier alpha value is -2.75. The van der Waals surface area contributed by atoms with E-state index >= 15 is 0 Å². The van der Waals surface area contributed by atoms with E-state index in [1.807, 2.05) is 49.4 Å². The van der Waals surface area contributed by atoms with Gasteiger partial charge in [-0.05, 0) is 42.1 Å². The maximum atomic E-state index is 5.85. The van der Waals surface area contributed by atoms with Crippen LogP contribution in [0.3, 0.4) is 0 Å². The predicted octanol–water partition coefficient (Wildman–Crippen LogP) is 3.71. The second-order valence-electron chi connectivity index (χ2n) is 5.17. The van der Waals surface area contributed by atoms with Crippen LogP contribution < -0.4 is 15.2 Å². The molecule has 1 aromatic heterocycles. The van der Waals surface area contributed by atoms with E-state index in [2.05, 4.69) is 4.98 Å². The van der Waals surface area contributed by atoms with Crippen LogP contribution in [0, 0.1) is 6.92 Å². The molecular weight excluding hydrogens is 276 g/mol. The molecule has 3 aromatic rings. The molecule has 0 spiro atoms. The maximum Gasteiger partial charge on any atom is 0.217 e. The Kier molecular flexibility index (Phi) is 3.83. The number of nitrogen functional groups attached to an aromatic ring is 1. The van der Waals surface area contributed by atoms with Gasteiger partial charge in [0.1, 0.15) is 12.4 Å². The largest absolute Gasteiger partial charge is 0.497 e. The summed E-state index contributed by atoms with van der Waals surface area (Å²) in [7, 11) is 1.65. The average molecular weight is 294 g/mol. The number of aryl methyl sites for hydroxylation is 1. The molecule has 2 aromatic carbocycles. The van der Waals surface area contributed by atoms with Gasteiger partial charge in [0.05, 0.1) is 7.11 Å². The Balaban J connectivity index is 1.81. The molecule has 22 heavy (non-hydrogen) atoms. The lowest BCUT2D eigenvalue weighted by Crippen LogP contribution is -2.00. The van der Waals surface area contributed by atoms with E-state index in [0.29, 0.717) is 12.5 Å². The summed E-state index contributed by atoms with van der Waals surface area (Å²) in [6.07, 6.45) is 1.79. The molecule has 0 aliphatic heterocycles. The number of methoxy groups -OCH3 is 1. The van der Waals surface area contributed by atoms with Gasteiger partial charge >= 0.3 is 0 Å². The molecule has 0 fully saturated rings. The first-order valence-corrected chi connectivity index (χ1v) is 7.08. The molecule has 0 atom stereocenters. The minimum absolute atomic E-state index is 0.471. The van der Waals surface area contributed by atoms with Gasteiger partial charge in [-0.3, -0.25) is 0 Å². The summed E-state index contributed by atoms with van der Waals surface area (Å²) < 4.78 is 11.0. The highest BCUT2D eigenvalue weighted by atomic mass is 16.5. The summed E-state index contributed by atoms with van der Waals surface area (Å²) in [5.41, 5.74) is 8.63. The lowest BCUT2D eigenvalue weighted by molar-refractivity contribution is 0.292. The van der Waals surface area contributed by atoms with Gasteiger partial charge in [-0.1, -0.05) is 18.2 Å². The van der Waals surface area contributed by atoms with Gasteiger partial charge < -0.3 is 15.2 Å². The number of ether oxygens (including phenoxy) is 2. The van der Waals surface area contributed by atoms with Crippen LogP contribution in [-0.2, 0) is 6.61 Å². The van der Waals surface area contributed by atoms with Gasteiger partial charge in [0.25, 0.3) is 0 Å². The Morgan fingerprint density at radius 1 is 1.09 bits per heavy atom. The van der Waals surface area contributed by atoms with Crippen molar-refractivity contribution in [3.8, 4) is 11.6 Å². The van der Waals surface area contributed by atoms with Crippen molar-refractivity contribution in [1.29, 1.82) is 0 Å². The number of rotatable bonds is 4. The van der Waals surface area contributed by atoms with Crippen molar-refractivity contribution >= 4 is 16.5 Å². The zero-order chi connectivity index (χ0) is 15.5. The fraction of sp³-hybridized carbons (Fsp3) is 0.167. The first-order valence-electron chi connectivity index (χ1n) is 7.08. The molecule has 0 radical (unpaired) electrons. The smallest absolute Gasteiger partial charge is 0.217 e. The molecule has 0 bridgehead atoms. The summed E-state index contributed by atoms with van der Waals surface area (Å²) in [6, 6.07) is 13.6. The molecule has 3 rings (SSSR count). The molecule has 0 aliphatic rings. The fourth-order valence-corrected chi connectivity index (χ4v) is 2.39. The van der Waals surface area contributed by atoms with Crippen molar-refractivity contribution in [2.45, 2.75) is 13.5 Å². The number of anilines is 1. The van der Waals surface area contributed by atoms with E-state index in [1.165, 1.54) is 0 Å². The number of nitrogens with zero attached hydrogens (tertiary/aromatic N) is 1. The normalized spacial score (nSPS) is 10.6. The van der Waals surface area contributed by atoms with Crippen molar-refractivity contribution in [1.82, 2.24) is 4.98 Å². The standard InChI is InChI=1S/C18H18N2O2/c1-12-17-8-5-15(19)9-14(17)10-20-18(12)22-11-13-3-6-16(21-2)7-4-13/h3-10H,11,19H2,1-2H3. The minimum Gasteiger partial charge on any atom is -0.497 e. The summed E-state index contributed by atoms with van der Waals surface area (Å²) in [4.78, 5) is 4.39. The molecule has 0 amide bonds. The topological polar surface area (TPSA) is 57.4 Å². The van der Waals surface area contributed by atoms with E-state index in [-0.39, 0.29) is 0 Å². The van der Waals surface area contributed by atoms with E-state index in [4.69, 9.17) is 15.2 Å². The van der Waals surface area contributed by atoms with Crippen LogP contribution in [0.25, 0.3) is 10.8 Å². The van der Waals surface area contributed by atoms with Gasteiger partial charge in [0.15, 0.2) is 0 Å². The Morgan fingerprint density at radius 3 is 2.59 bits per heavy atom. The SMILES string of the molecule is COc1ccc(COc2ncc3cc(N)ccc3c2C)cc1. The van der Waals surface area contributed by atoms with E-state index in [9.17, 15) is 0 Å². The van der Waals surface area contributed by atoms with Crippen LogP contribution in [0.4, 0.5) is 5.69 Å². The van der Waals surface area contributed by atoms with Crippen LogP contribution >= 0.6 is 0 Å². The van der Waals surface area contributed by atoms with Crippen molar-refractivity contribution in [2.24, 2.45) is 0 Å². The summed E-state index contributed by atoms with van der Waals surface area (Å²) in [5.74, 6) is 1.48. The molecule has 4 nitrogen and oxygen atoms in total. The monoisotopic (exact) mass is 294 g/mol. The number of nitrogens with two attached hydrogens (primary N) is 1. The van der Waals surface area contributed by atoms with Crippen LogP contribution in [-0.4, -0.2) is 12.1 Å². The van der Waals surface area contributed by atoms with Gasteiger partial charge in [0, 0.05) is 22.8 Å². The quantitative estimate of drug-likeness (QED) is 0.745. The molecule has 2 N–H and O–H groups in total. The highest BCUT2D eigenvalue weighted by molar-refractivity contribution is 5.88. The molecule has 112 valence electrons. The van der Waals surface area contributed by atoms with Crippen molar-refractivity contribution in [2.75, 3.05) is 12.8 Å². The fourth-order valence-electron chi connectivity index (χ4n) is 2.39. The summed E-state index contributed by atoms with van der Waals surface area (Å²) in [5, 5.41) is 2.13. The second-order valence-corrected chi connectivity index (χ2v) is 5.17. The zero-order valence-corrected chi connectivity index (χ0v) is 12.7. The maximum absolute atomic E-state index is 5.85. The molecule has 0 unspecified atom stereocenters. The van der Waals surface area contributed by atoms with Crippen molar-refractivity contribution < 1.29 is 9.47 Å². The lowest BCUT2D eigenvalue weighted by atomic mass is 10.1. The molecule has 0 saturated carbocycles. The summed E-state index contributed by atoms with van der Waals surface area (Å²) >= 11 is 0. The predicted molar refractivity (Wildman–Crippen MR) is 88.2 cm³/mol. The van der Waals surface area contributed by atoms with Crippen molar-refractivity contribution in [3.05, 3.63) is 59.8 Å². The third-order valence-electron chi connectivity index (χ3n) is 3.66. The molecule has 0 saturated heterocycles. The van der Waals surface area contributed by atoms with Crippen LogP contribution in [0.5, 0.6) is 11.6 Å². The number of hydrogen-bond acceptors (Lipinski definition) is 4. The number of pyridine rings is 1. The third kappa shape index (κ3) is 2.81. The number of fused-ring (bicyclic) bond motifs is 1. The van der Waals surface area contributed by atoms with E-state index in [1.54, 1.807) is 13.3 Å². The summed E-state index contributed by atoms with van der Waals surface area (Å²) in [6.45, 7) is 2.48. The Bertz CT molecular complexity index is 798. The molecule has 1 heterocycles. The van der Waals surface area contributed by atoms with Crippen LogP contribution in [0.1, 0.15) is 11.1 Å². The lowest BCUT2D eigenvalue weighted by Gasteiger charge is -2.11. The first-order chi connectivity index (χ1) is 10.7. The Morgan fingerprint density at radius 2 is 1.86 bits per heavy atom. The van der Waals surface area contributed by atoms with Gasteiger partial charge in [-0.25, -0.2) is 4.98 Å². The Labute approximate surface area is 129 Å². The number of aromatic nitrogens is 1. The van der Waals surface area contributed by atoms with E-state index < -0.39 is 0 Å². The van der Waals surface area contributed by atoms with Gasteiger partial charge in [-0.15, -0.1) is 0 Å². The minimum atomic E-state index is 0.471. The molecular formula is C18H18N2O2. The third-order valence-corrected chi connectivity index (χ3v) is 3.66. The number of benzene rings is 2. The number of hydrogen-bond donors (Lipinski definition) is 1. The van der Waals surface area contributed by atoms with Gasteiger partial charge in [0.2, 0.25) is 5.88 Å². The highest BCUT2D eigenvalue weighted by Crippen LogP contribution is 2.26. The highest BCUT2D eigenvalue weighted by Gasteiger charge is 2.07. The first kappa shape index (κ1) is 14.2. The second kappa shape index (κ2) is 5.93. The molecule has 4 heteroatoms. The van der Waals surface area contributed by atoms with Crippen LogP contribution in [0.15, 0.2) is 48.7 Å². The van der Waals surface area contributed by atoms with E-state index in [0.717, 1.165) is 33.3 Å². The van der Waals surface area contributed by atoms with Crippen LogP contribution in [0.2, 0.25) is 0 Å².